The molecule has 1 fully saturated rings. The first-order valence-corrected chi connectivity index (χ1v) is 7.49. The summed E-state index contributed by atoms with van der Waals surface area (Å²) in [6, 6.07) is 0. The quantitative estimate of drug-likeness (QED) is 0.460. The van der Waals surface area contributed by atoms with Crippen LogP contribution in [0.3, 0.4) is 0 Å². The van der Waals surface area contributed by atoms with Gasteiger partial charge in [-0.15, -0.1) is 0 Å². The van der Waals surface area contributed by atoms with Crippen molar-refractivity contribution in [1.82, 2.24) is 0 Å². The average Bonchev–Trinajstić information content (AvgIpc) is 2.48. The van der Waals surface area contributed by atoms with Gasteiger partial charge in [-0.1, -0.05) is 0 Å². The summed E-state index contributed by atoms with van der Waals surface area (Å²) in [6.45, 7) is 4.37. The van der Waals surface area contributed by atoms with Gasteiger partial charge < -0.3 is 28.4 Å². The average molecular weight is 362 g/mol. The van der Waals surface area contributed by atoms with Gasteiger partial charge in [0, 0.05) is 34.8 Å². The monoisotopic (exact) mass is 362 g/mol. The maximum absolute atomic E-state index is 11.5. The van der Waals surface area contributed by atoms with Crippen LogP contribution in [0.15, 0.2) is 0 Å². The molecule has 0 aromatic heterocycles. The van der Waals surface area contributed by atoms with Crippen LogP contribution in [-0.4, -0.2) is 68.3 Å². The molecule has 1 rings (SSSR count). The minimum absolute atomic E-state index is 0.280. The normalized spacial score (nSPS) is 28.6. The van der Waals surface area contributed by atoms with Crippen LogP contribution >= 0.6 is 0 Å². The Morgan fingerprint density at radius 3 is 1.68 bits per heavy atom. The highest BCUT2D eigenvalue weighted by Gasteiger charge is 2.52. The van der Waals surface area contributed by atoms with Gasteiger partial charge in [0.2, 0.25) is 0 Å². The summed E-state index contributed by atoms with van der Waals surface area (Å²) >= 11 is 0. The molecule has 10 nitrogen and oxygen atoms in total. The molecule has 0 aliphatic carbocycles. The van der Waals surface area contributed by atoms with Gasteiger partial charge in [0.25, 0.3) is 0 Å². The first-order valence-electron chi connectivity index (χ1n) is 7.49. The van der Waals surface area contributed by atoms with Crippen molar-refractivity contribution in [3.8, 4) is 0 Å². The van der Waals surface area contributed by atoms with Crippen molar-refractivity contribution in [3.05, 3.63) is 0 Å². The van der Waals surface area contributed by atoms with Crippen molar-refractivity contribution in [2.24, 2.45) is 0 Å². The molecule has 10 heteroatoms. The number of hydrogen-bond donors (Lipinski definition) is 0. The standard InChI is InChI=1S/C15H22O10/c1-7(16)21-6-11-12(22-8(2)17)13(23-9(3)18)14(24-10(4)19)15(20-5)25-11/h11-15H,6H2,1-5H3/t11-,12-,13-,14-,15-/m0/s1. The minimum Gasteiger partial charge on any atom is -0.463 e. The number of methoxy groups -OCH3 is 1. The van der Waals surface area contributed by atoms with Crippen LogP contribution in [-0.2, 0) is 47.6 Å². The molecule has 0 saturated carbocycles. The smallest absolute Gasteiger partial charge is 0.303 e. The van der Waals surface area contributed by atoms with Gasteiger partial charge in [-0.05, 0) is 0 Å². The fourth-order valence-corrected chi connectivity index (χ4v) is 2.38. The number of carbonyl (C=O) groups is 4. The van der Waals surface area contributed by atoms with E-state index in [2.05, 4.69) is 0 Å². The maximum Gasteiger partial charge on any atom is 0.303 e. The van der Waals surface area contributed by atoms with Crippen LogP contribution in [0.2, 0.25) is 0 Å². The first-order chi connectivity index (χ1) is 11.6. The van der Waals surface area contributed by atoms with Crippen LogP contribution in [0.4, 0.5) is 0 Å². The predicted molar refractivity (Wildman–Crippen MR) is 79.0 cm³/mol. The molecule has 0 aromatic rings. The molecule has 0 spiro atoms. The second-order valence-corrected chi connectivity index (χ2v) is 5.30. The third-order valence-electron chi connectivity index (χ3n) is 3.18. The predicted octanol–water partition coefficient (Wildman–Crippen LogP) is -0.284. The van der Waals surface area contributed by atoms with E-state index in [9.17, 15) is 19.2 Å². The van der Waals surface area contributed by atoms with E-state index in [1.807, 2.05) is 0 Å². The first kappa shape index (κ1) is 20.8. The molecule has 0 aromatic carbocycles. The fraction of sp³-hybridized carbons (Fsp3) is 0.733. The molecule has 0 radical (unpaired) electrons. The Labute approximate surface area is 144 Å². The van der Waals surface area contributed by atoms with Crippen molar-refractivity contribution in [1.29, 1.82) is 0 Å². The molecule has 0 N–H and O–H groups in total. The molecule has 1 heterocycles. The second kappa shape index (κ2) is 9.33. The topological polar surface area (TPSA) is 124 Å². The summed E-state index contributed by atoms with van der Waals surface area (Å²) in [5.41, 5.74) is 0. The van der Waals surface area contributed by atoms with Crippen LogP contribution in [0.5, 0.6) is 0 Å². The van der Waals surface area contributed by atoms with Crippen molar-refractivity contribution in [3.63, 3.8) is 0 Å². The number of ether oxygens (including phenoxy) is 6. The van der Waals surface area contributed by atoms with Gasteiger partial charge in [-0.3, -0.25) is 19.2 Å². The zero-order valence-corrected chi connectivity index (χ0v) is 14.7. The number of hydrogen-bond acceptors (Lipinski definition) is 10. The molecule has 142 valence electrons. The molecular weight excluding hydrogens is 340 g/mol. The Balaban J connectivity index is 3.18. The third kappa shape index (κ3) is 6.31. The number of esters is 4. The summed E-state index contributed by atoms with van der Waals surface area (Å²) < 4.78 is 31.1. The molecule has 0 unspecified atom stereocenters. The van der Waals surface area contributed by atoms with Crippen molar-refractivity contribution >= 4 is 23.9 Å². The number of rotatable bonds is 6. The van der Waals surface area contributed by atoms with Gasteiger partial charge in [0.15, 0.2) is 24.6 Å². The second-order valence-electron chi connectivity index (χ2n) is 5.30. The third-order valence-corrected chi connectivity index (χ3v) is 3.18. The molecule has 0 bridgehead atoms. The maximum atomic E-state index is 11.5. The van der Waals surface area contributed by atoms with Crippen LogP contribution in [0.1, 0.15) is 27.7 Å². The molecule has 1 aliphatic heterocycles. The molecule has 5 atom stereocenters. The van der Waals surface area contributed by atoms with Crippen molar-refractivity contribution < 1.29 is 47.6 Å². The molecule has 1 saturated heterocycles. The lowest BCUT2D eigenvalue weighted by atomic mass is 9.98. The Bertz CT molecular complexity index is 516. The summed E-state index contributed by atoms with van der Waals surface area (Å²) in [4.78, 5) is 45.4. The van der Waals surface area contributed by atoms with Gasteiger partial charge in [-0.25, -0.2) is 0 Å². The largest absolute Gasteiger partial charge is 0.463 e. The molecule has 0 amide bonds. The van der Waals surface area contributed by atoms with Gasteiger partial charge in [0.1, 0.15) is 12.7 Å². The molecule has 1 aliphatic rings. The van der Waals surface area contributed by atoms with E-state index < -0.39 is 54.6 Å². The van der Waals surface area contributed by atoms with Crippen LogP contribution in [0, 0.1) is 0 Å². The van der Waals surface area contributed by atoms with E-state index in [-0.39, 0.29) is 6.61 Å². The van der Waals surface area contributed by atoms with Gasteiger partial charge >= 0.3 is 23.9 Å². The van der Waals surface area contributed by atoms with Gasteiger partial charge in [-0.2, -0.15) is 0 Å². The highest BCUT2D eigenvalue weighted by atomic mass is 16.7. The summed E-state index contributed by atoms with van der Waals surface area (Å²) in [7, 11) is 1.29. The Morgan fingerprint density at radius 1 is 0.760 bits per heavy atom. The van der Waals surface area contributed by atoms with Crippen molar-refractivity contribution in [2.45, 2.75) is 58.4 Å². The van der Waals surface area contributed by atoms with E-state index >= 15 is 0 Å². The Morgan fingerprint density at radius 2 is 1.24 bits per heavy atom. The lowest BCUT2D eigenvalue weighted by Gasteiger charge is -2.43. The zero-order chi connectivity index (χ0) is 19.1. The molecule has 25 heavy (non-hydrogen) atoms. The molecular formula is C15H22O10. The van der Waals surface area contributed by atoms with Crippen LogP contribution < -0.4 is 0 Å². The highest BCUT2D eigenvalue weighted by molar-refractivity contribution is 5.68. The number of carbonyl (C=O) groups excluding carboxylic acids is 4. The lowest BCUT2D eigenvalue weighted by Crippen LogP contribution is -2.62. The van der Waals surface area contributed by atoms with E-state index in [0.29, 0.717) is 0 Å². The lowest BCUT2D eigenvalue weighted by molar-refractivity contribution is -0.302. The zero-order valence-electron chi connectivity index (χ0n) is 14.7. The summed E-state index contributed by atoms with van der Waals surface area (Å²) in [6.07, 6.45) is -5.67. The van der Waals surface area contributed by atoms with Gasteiger partial charge in [0.05, 0.1) is 0 Å². The van der Waals surface area contributed by atoms with E-state index in [1.54, 1.807) is 0 Å². The summed E-state index contributed by atoms with van der Waals surface area (Å²) in [5, 5.41) is 0. The Hall–Kier alpha value is -2.20. The fourth-order valence-electron chi connectivity index (χ4n) is 2.38. The Kier molecular flexibility index (Phi) is 7.78. The van der Waals surface area contributed by atoms with E-state index in [1.165, 1.54) is 14.0 Å². The highest BCUT2D eigenvalue weighted by Crippen LogP contribution is 2.29. The van der Waals surface area contributed by atoms with Crippen LogP contribution in [0.25, 0.3) is 0 Å². The van der Waals surface area contributed by atoms with E-state index in [4.69, 9.17) is 28.4 Å². The minimum atomic E-state index is -1.20. The van der Waals surface area contributed by atoms with E-state index in [0.717, 1.165) is 20.8 Å². The summed E-state index contributed by atoms with van der Waals surface area (Å²) in [5.74, 6) is -2.63. The van der Waals surface area contributed by atoms with Crippen molar-refractivity contribution in [2.75, 3.05) is 13.7 Å². The SMILES string of the molecule is CO[C@H]1O[C@@H](COC(C)=O)[C@H](OC(C)=O)[C@H](OC(C)=O)[C@@H]1OC(C)=O.